The van der Waals surface area contributed by atoms with Gasteiger partial charge in [-0.2, -0.15) is 0 Å². The first-order chi connectivity index (χ1) is 8.61. The van der Waals surface area contributed by atoms with Crippen LogP contribution in [0.25, 0.3) is 0 Å². The van der Waals surface area contributed by atoms with Crippen LogP contribution in [0.1, 0.15) is 21.0 Å². The fourth-order valence-electron chi connectivity index (χ4n) is 0.979. The van der Waals surface area contributed by atoms with Gasteiger partial charge in [0, 0.05) is 33.5 Å². The smallest absolute Gasteiger partial charge is 0.354 e. The largest absolute Gasteiger partial charge is 0.477 e. The normalized spacial score (nSPS) is 8.42. The van der Waals surface area contributed by atoms with Crippen LogP contribution in [-0.2, 0) is 21.1 Å². The minimum Gasteiger partial charge on any atom is -0.477 e. The molecule has 0 radical (unpaired) electrons. The monoisotopic (exact) mass is 430 g/mol. The summed E-state index contributed by atoms with van der Waals surface area (Å²) in [5, 5.41) is 16.6. The predicted molar refractivity (Wildman–Crippen MR) is 62.4 cm³/mol. The zero-order chi connectivity index (χ0) is 13.4. The molecule has 98 valence electrons. The van der Waals surface area contributed by atoms with E-state index in [4.69, 9.17) is 10.2 Å². The van der Waals surface area contributed by atoms with E-state index >= 15 is 0 Å². The van der Waals surface area contributed by atoms with Gasteiger partial charge in [0.05, 0.1) is 0 Å². The quantitative estimate of drug-likeness (QED) is 0.751. The van der Waals surface area contributed by atoms with Gasteiger partial charge in [0.15, 0.2) is 0 Å². The Hall–Kier alpha value is -2.07. The van der Waals surface area contributed by atoms with E-state index in [0.29, 0.717) is 0 Å². The van der Waals surface area contributed by atoms with Crippen LogP contribution in [-0.4, -0.2) is 32.1 Å². The number of carbonyl (C=O) groups is 2. The molecule has 2 rings (SSSR count). The molecule has 6 nitrogen and oxygen atoms in total. The molecule has 0 aliphatic heterocycles. The summed E-state index contributed by atoms with van der Waals surface area (Å²) >= 11 is 0. The third kappa shape index (κ3) is 6.43. The molecule has 7 heteroatoms. The second-order valence-electron chi connectivity index (χ2n) is 3.04. The van der Waals surface area contributed by atoms with Crippen molar-refractivity contribution >= 4 is 11.9 Å². The number of carboxylic acids is 2. The summed E-state index contributed by atoms with van der Waals surface area (Å²) in [7, 11) is 0. The molecule has 0 saturated carbocycles. The van der Waals surface area contributed by atoms with Gasteiger partial charge in [0.2, 0.25) is 0 Å². The van der Waals surface area contributed by atoms with Crippen LogP contribution in [0.15, 0.2) is 48.8 Å². The van der Waals surface area contributed by atoms with E-state index in [-0.39, 0.29) is 32.5 Å². The summed E-state index contributed by atoms with van der Waals surface area (Å²) in [4.78, 5) is 27.4. The summed E-state index contributed by atoms with van der Waals surface area (Å²) in [6.45, 7) is 0. The molecular weight excluding hydrogens is 420 g/mol. The molecule has 0 fully saturated rings. The molecular formula is C12H10N2O4W. The molecule has 0 bridgehead atoms. The van der Waals surface area contributed by atoms with Gasteiger partial charge >= 0.3 is 11.9 Å². The Morgan fingerprint density at radius 3 is 1.32 bits per heavy atom. The first-order valence-corrected chi connectivity index (χ1v) is 4.90. The molecule has 0 spiro atoms. The average molecular weight is 430 g/mol. The van der Waals surface area contributed by atoms with Crippen molar-refractivity contribution in [2.75, 3.05) is 0 Å². The summed E-state index contributed by atoms with van der Waals surface area (Å²) in [6.07, 6.45) is 2.90. The molecule has 2 aromatic heterocycles. The SMILES string of the molecule is O=C(O)c1ccccn1.O=C(O)c1ccccn1.[W]. The molecule has 0 aliphatic rings. The van der Waals surface area contributed by atoms with Crippen molar-refractivity contribution in [2.24, 2.45) is 0 Å². The Bertz CT molecular complexity index is 470. The summed E-state index contributed by atoms with van der Waals surface area (Å²) in [5.74, 6) is -1.98. The number of aromatic nitrogens is 2. The molecule has 2 aromatic rings. The van der Waals surface area contributed by atoms with Crippen LogP contribution in [0, 0.1) is 0 Å². The molecule has 0 amide bonds. The molecule has 19 heavy (non-hydrogen) atoms. The van der Waals surface area contributed by atoms with Crippen molar-refractivity contribution in [1.29, 1.82) is 0 Å². The molecule has 0 aromatic carbocycles. The van der Waals surface area contributed by atoms with E-state index in [1.807, 2.05) is 0 Å². The summed E-state index contributed by atoms with van der Waals surface area (Å²) < 4.78 is 0. The maximum absolute atomic E-state index is 10.1. The van der Waals surface area contributed by atoms with E-state index < -0.39 is 11.9 Å². The first kappa shape index (κ1) is 16.9. The Kier molecular flexibility index (Phi) is 7.96. The third-order valence-electron chi connectivity index (χ3n) is 1.77. The van der Waals surface area contributed by atoms with Gasteiger partial charge in [-0.05, 0) is 24.3 Å². The van der Waals surface area contributed by atoms with E-state index in [0.717, 1.165) is 0 Å². The minimum atomic E-state index is -0.990. The Labute approximate surface area is 123 Å². The van der Waals surface area contributed by atoms with Gasteiger partial charge in [-0.3, -0.25) is 0 Å². The third-order valence-corrected chi connectivity index (χ3v) is 1.77. The van der Waals surface area contributed by atoms with Crippen molar-refractivity contribution < 1.29 is 40.9 Å². The van der Waals surface area contributed by atoms with Gasteiger partial charge in [-0.1, -0.05) is 12.1 Å². The fourth-order valence-corrected chi connectivity index (χ4v) is 0.979. The maximum atomic E-state index is 10.1. The topological polar surface area (TPSA) is 100 Å². The molecule has 0 unspecified atom stereocenters. The second-order valence-corrected chi connectivity index (χ2v) is 3.04. The second kappa shape index (κ2) is 8.94. The molecule has 2 heterocycles. The van der Waals surface area contributed by atoms with Crippen LogP contribution >= 0.6 is 0 Å². The van der Waals surface area contributed by atoms with E-state index in [2.05, 4.69) is 9.97 Å². The van der Waals surface area contributed by atoms with E-state index in [1.54, 1.807) is 24.3 Å². The van der Waals surface area contributed by atoms with Gasteiger partial charge < -0.3 is 10.2 Å². The number of hydrogen-bond donors (Lipinski definition) is 2. The molecule has 0 atom stereocenters. The van der Waals surface area contributed by atoms with Gasteiger partial charge in [0.25, 0.3) is 0 Å². The van der Waals surface area contributed by atoms with Crippen LogP contribution < -0.4 is 0 Å². The molecule has 2 N–H and O–H groups in total. The average Bonchev–Trinajstić information content (AvgIpc) is 2.41. The van der Waals surface area contributed by atoms with Crippen molar-refractivity contribution in [1.82, 2.24) is 9.97 Å². The Balaban J connectivity index is 0.000000324. The Morgan fingerprint density at radius 2 is 1.16 bits per heavy atom. The zero-order valence-electron chi connectivity index (χ0n) is 9.63. The van der Waals surface area contributed by atoms with Crippen LogP contribution in [0.2, 0.25) is 0 Å². The van der Waals surface area contributed by atoms with Crippen LogP contribution in [0.4, 0.5) is 0 Å². The Morgan fingerprint density at radius 1 is 0.789 bits per heavy atom. The number of carboxylic acid groups (broad SMARTS) is 2. The number of rotatable bonds is 2. The van der Waals surface area contributed by atoms with Gasteiger partial charge in [-0.25, -0.2) is 19.6 Å². The molecule has 0 aliphatic carbocycles. The molecule has 0 saturated heterocycles. The van der Waals surface area contributed by atoms with E-state index in [1.165, 1.54) is 24.5 Å². The number of nitrogens with zero attached hydrogens (tertiary/aromatic N) is 2. The van der Waals surface area contributed by atoms with Gasteiger partial charge in [-0.15, -0.1) is 0 Å². The summed E-state index contributed by atoms with van der Waals surface area (Å²) in [6, 6.07) is 9.51. The van der Waals surface area contributed by atoms with Crippen molar-refractivity contribution in [3.05, 3.63) is 60.2 Å². The number of hydrogen-bond acceptors (Lipinski definition) is 4. The van der Waals surface area contributed by atoms with Gasteiger partial charge in [0.1, 0.15) is 11.4 Å². The summed E-state index contributed by atoms with van der Waals surface area (Å²) in [5.41, 5.74) is 0.162. The van der Waals surface area contributed by atoms with Crippen molar-refractivity contribution in [3.63, 3.8) is 0 Å². The van der Waals surface area contributed by atoms with Crippen molar-refractivity contribution in [2.45, 2.75) is 0 Å². The first-order valence-electron chi connectivity index (χ1n) is 4.90. The van der Waals surface area contributed by atoms with Crippen LogP contribution in [0.5, 0.6) is 0 Å². The van der Waals surface area contributed by atoms with Crippen molar-refractivity contribution in [3.8, 4) is 0 Å². The zero-order valence-corrected chi connectivity index (χ0v) is 12.6. The fraction of sp³-hybridized carbons (Fsp3) is 0. The number of aromatic carboxylic acids is 2. The predicted octanol–water partition coefficient (Wildman–Crippen LogP) is 1.56. The standard InChI is InChI=1S/2C6H5NO2.W/c2*8-6(9)5-3-1-2-4-7-5;/h2*1-4H,(H,8,9);. The van der Waals surface area contributed by atoms with Crippen LogP contribution in [0.3, 0.4) is 0 Å². The maximum Gasteiger partial charge on any atom is 0.354 e. The number of pyridine rings is 2. The minimum absolute atomic E-state index is 0. The van der Waals surface area contributed by atoms with E-state index in [9.17, 15) is 9.59 Å².